The van der Waals surface area contributed by atoms with E-state index in [0.29, 0.717) is 19.7 Å². The van der Waals surface area contributed by atoms with Crippen LogP contribution in [0.3, 0.4) is 0 Å². The predicted octanol–water partition coefficient (Wildman–Crippen LogP) is 3.78. The number of benzene rings is 1. The number of para-hydroxylation sites is 1. The van der Waals surface area contributed by atoms with Gasteiger partial charge in [-0.05, 0) is 32.9 Å². The van der Waals surface area contributed by atoms with Crippen molar-refractivity contribution < 1.29 is 9.15 Å². The molecule has 5 nitrogen and oxygen atoms in total. The number of nitrogens with one attached hydrogen (secondary N) is 2. The Bertz CT molecular complexity index is 668. The molecule has 2 rings (SSSR count). The van der Waals surface area contributed by atoms with Gasteiger partial charge in [0.1, 0.15) is 17.3 Å². The molecule has 0 unspecified atom stereocenters. The number of rotatable bonds is 6. The fourth-order valence-electron chi connectivity index (χ4n) is 2.38. The molecule has 1 heterocycles. The molecule has 132 valence electrons. The van der Waals surface area contributed by atoms with Crippen LogP contribution in [0.1, 0.15) is 29.6 Å². The molecule has 0 saturated carbocycles. The normalized spacial score (nSPS) is 10.9. The number of nitrogens with zero attached hydrogens (tertiary/aromatic N) is 1. The number of hydrogen-bond donors (Lipinski definition) is 2. The van der Waals surface area contributed by atoms with E-state index in [4.69, 9.17) is 9.15 Å². The second kappa shape index (κ2) is 10.2. The average Bonchev–Trinajstić information content (AvgIpc) is 2.87. The summed E-state index contributed by atoms with van der Waals surface area (Å²) >= 11 is 0. The predicted molar refractivity (Wildman–Crippen MR) is 108 cm³/mol. The second-order valence-corrected chi connectivity index (χ2v) is 5.26. The lowest BCUT2D eigenvalue weighted by Crippen LogP contribution is -2.36. The Balaban J connectivity index is 0.00000288. The van der Waals surface area contributed by atoms with Gasteiger partial charge < -0.3 is 19.8 Å². The van der Waals surface area contributed by atoms with Gasteiger partial charge in [-0.15, -0.1) is 24.0 Å². The molecule has 1 aromatic carbocycles. The quantitative estimate of drug-likeness (QED) is 0.406. The number of halogens is 1. The van der Waals surface area contributed by atoms with Crippen molar-refractivity contribution in [2.75, 3.05) is 13.7 Å². The van der Waals surface area contributed by atoms with Crippen LogP contribution in [0.5, 0.6) is 5.75 Å². The minimum Gasteiger partial charge on any atom is -0.494 e. The first-order valence-electron chi connectivity index (χ1n) is 7.85. The number of furan rings is 1. The molecule has 6 heteroatoms. The highest BCUT2D eigenvalue weighted by molar-refractivity contribution is 14.0. The molecule has 0 aliphatic heterocycles. The minimum absolute atomic E-state index is 0. The van der Waals surface area contributed by atoms with Crippen LogP contribution in [0.15, 0.2) is 39.7 Å². The molecular formula is C18H26IN3O2. The number of hydrogen-bond acceptors (Lipinski definition) is 3. The Hall–Kier alpha value is -1.70. The van der Waals surface area contributed by atoms with E-state index in [1.54, 1.807) is 7.05 Å². The maximum Gasteiger partial charge on any atom is 0.191 e. The molecule has 0 saturated heterocycles. The lowest BCUT2D eigenvalue weighted by Gasteiger charge is -2.14. The van der Waals surface area contributed by atoms with Gasteiger partial charge in [-0.1, -0.05) is 18.2 Å². The van der Waals surface area contributed by atoms with Gasteiger partial charge in [-0.2, -0.15) is 0 Å². The average molecular weight is 443 g/mol. The maximum absolute atomic E-state index is 5.64. The summed E-state index contributed by atoms with van der Waals surface area (Å²) in [7, 11) is 1.76. The van der Waals surface area contributed by atoms with Crippen molar-refractivity contribution in [3.8, 4) is 5.75 Å². The molecule has 2 aromatic rings. The lowest BCUT2D eigenvalue weighted by atomic mass is 10.2. The van der Waals surface area contributed by atoms with E-state index in [9.17, 15) is 0 Å². The Morgan fingerprint density at radius 2 is 1.79 bits per heavy atom. The van der Waals surface area contributed by atoms with Crippen molar-refractivity contribution >= 4 is 29.9 Å². The summed E-state index contributed by atoms with van der Waals surface area (Å²) in [5.74, 6) is 3.51. The van der Waals surface area contributed by atoms with Gasteiger partial charge in [-0.3, -0.25) is 4.99 Å². The summed E-state index contributed by atoms with van der Waals surface area (Å²) in [5, 5.41) is 6.61. The van der Waals surface area contributed by atoms with E-state index in [1.165, 1.54) is 0 Å². The van der Waals surface area contributed by atoms with E-state index in [2.05, 4.69) is 21.7 Å². The third-order valence-electron chi connectivity index (χ3n) is 3.53. The number of aryl methyl sites for hydroxylation is 2. The van der Waals surface area contributed by atoms with Crippen molar-refractivity contribution in [3.63, 3.8) is 0 Å². The molecule has 0 aliphatic rings. The van der Waals surface area contributed by atoms with E-state index in [-0.39, 0.29) is 24.0 Å². The highest BCUT2D eigenvalue weighted by Crippen LogP contribution is 2.17. The fourth-order valence-corrected chi connectivity index (χ4v) is 2.38. The number of guanidine groups is 1. The van der Waals surface area contributed by atoms with Crippen LogP contribution in [0, 0.1) is 13.8 Å². The first kappa shape index (κ1) is 20.3. The minimum atomic E-state index is 0. The largest absolute Gasteiger partial charge is 0.494 e. The van der Waals surface area contributed by atoms with Crippen molar-refractivity contribution in [2.45, 2.75) is 33.9 Å². The zero-order chi connectivity index (χ0) is 16.7. The van der Waals surface area contributed by atoms with Gasteiger partial charge in [0.25, 0.3) is 0 Å². The van der Waals surface area contributed by atoms with E-state index in [0.717, 1.165) is 34.4 Å². The van der Waals surface area contributed by atoms with Crippen LogP contribution in [-0.4, -0.2) is 19.6 Å². The van der Waals surface area contributed by atoms with E-state index >= 15 is 0 Å². The zero-order valence-corrected chi connectivity index (χ0v) is 17.0. The number of aliphatic imine (C=N–C) groups is 1. The van der Waals surface area contributed by atoms with Gasteiger partial charge in [-0.25, -0.2) is 0 Å². The molecule has 0 spiro atoms. The third kappa shape index (κ3) is 5.74. The van der Waals surface area contributed by atoms with Crippen LogP contribution in [0.2, 0.25) is 0 Å². The van der Waals surface area contributed by atoms with Crippen LogP contribution in [-0.2, 0) is 13.1 Å². The number of ether oxygens (including phenoxy) is 1. The summed E-state index contributed by atoms with van der Waals surface area (Å²) in [4.78, 5) is 4.25. The lowest BCUT2D eigenvalue weighted by molar-refractivity contribution is 0.336. The molecule has 0 amide bonds. The van der Waals surface area contributed by atoms with Crippen molar-refractivity contribution in [2.24, 2.45) is 4.99 Å². The topological polar surface area (TPSA) is 58.8 Å². The molecule has 0 radical (unpaired) electrons. The summed E-state index contributed by atoms with van der Waals surface area (Å²) in [5.41, 5.74) is 2.24. The molecule has 0 aliphatic carbocycles. The molecular weight excluding hydrogens is 417 g/mol. The molecule has 1 aromatic heterocycles. The molecule has 24 heavy (non-hydrogen) atoms. The Morgan fingerprint density at radius 1 is 1.12 bits per heavy atom. The standard InChI is InChI=1S/C18H25N3O2.HI/c1-5-22-17-9-7-6-8-15(17)11-20-18(19-4)21-12-16-10-13(2)23-14(16)3;/h6-10H,5,11-12H2,1-4H3,(H2,19,20,21);1H. The Labute approximate surface area is 160 Å². The van der Waals surface area contributed by atoms with Crippen LogP contribution < -0.4 is 15.4 Å². The summed E-state index contributed by atoms with van der Waals surface area (Å²) in [6.45, 7) is 7.89. The van der Waals surface area contributed by atoms with E-state index in [1.807, 2.05) is 45.0 Å². The van der Waals surface area contributed by atoms with Gasteiger partial charge >= 0.3 is 0 Å². The summed E-state index contributed by atoms with van der Waals surface area (Å²) in [6.07, 6.45) is 0. The van der Waals surface area contributed by atoms with Crippen LogP contribution >= 0.6 is 24.0 Å². The summed E-state index contributed by atoms with van der Waals surface area (Å²) < 4.78 is 11.2. The highest BCUT2D eigenvalue weighted by atomic mass is 127. The third-order valence-corrected chi connectivity index (χ3v) is 3.53. The molecule has 0 bridgehead atoms. The van der Waals surface area contributed by atoms with Gasteiger partial charge in [0, 0.05) is 31.3 Å². The SMILES string of the molecule is CCOc1ccccc1CNC(=NC)NCc1cc(C)oc1C.I. The maximum atomic E-state index is 5.64. The van der Waals surface area contributed by atoms with Gasteiger partial charge in [0.05, 0.1) is 6.61 Å². The molecule has 0 atom stereocenters. The molecule has 0 fully saturated rings. The fraction of sp³-hybridized carbons (Fsp3) is 0.389. The first-order chi connectivity index (χ1) is 11.1. The Kier molecular flexibility index (Phi) is 8.67. The van der Waals surface area contributed by atoms with E-state index < -0.39 is 0 Å². The van der Waals surface area contributed by atoms with Crippen LogP contribution in [0.25, 0.3) is 0 Å². The second-order valence-electron chi connectivity index (χ2n) is 5.26. The van der Waals surface area contributed by atoms with Gasteiger partial charge in [0.15, 0.2) is 5.96 Å². The highest BCUT2D eigenvalue weighted by Gasteiger charge is 2.07. The Morgan fingerprint density at radius 3 is 2.38 bits per heavy atom. The van der Waals surface area contributed by atoms with Crippen molar-refractivity contribution in [1.29, 1.82) is 0 Å². The monoisotopic (exact) mass is 443 g/mol. The van der Waals surface area contributed by atoms with Crippen LogP contribution in [0.4, 0.5) is 0 Å². The van der Waals surface area contributed by atoms with Gasteiger partial charge in [0.2, 0.25) is 0 Å². The van der Waals surface area contributed by atoms with Crippen molar-refractivity contribution in [3.05, 3.63) is 53.0 Å². The van der Waals surface area contributed by atoms with Crippen molar-refractivity contribution in [1.82, 2.24) is 10.6 Å². The zero-order valence-electron chi connectivity index (χ0n) is 14.7. The first-order valence-corrected chi connectivity index (χ1v) is 7.85. The summed E-state index contributed by atoms with van der Waals surface area (Å²) in [6, 6.07) is 10.1. The smallest absolute Gasteiger partial charge is 0.191 e. The molecule has 2 N–H and O–H groups in total.